The number of amides is 2. The van der Waals surface area contributed by atoms with Crippen LogP contribution in [-0.2, 0) is 16.0 Å². The number of benzene rings is 3. The molecule has 1 N–H and O–H groups in total. The quantitative estimate of drug-likeness (QED) is 0.410. The highest BCUT2D eigenvalue weighted by Crippen LogP contribution is 2.32. The van der Waals surface area contributed by atoms with Crippen LogP contribution < -0.4 is 10.2 Å². The van der Waals surface area contributed by atoms with E-state index in [9.17, 15) is 18.4 Å². The van der Waals surface area contributed by atoms with Crippen LogP contribution in [0.15, 0.2) is 71.6 Å². The van der Waals surface area contributed by atoms with Gasteiger partial charge in [0.2, 0.25) is 5.91 Å². The van der Waals surface area contributed by atoms with Crippen molar-refractivity contribution in [1.29, 1.82) is 0 Å². The zero-order valence-corrected chi connectivity index (χ0v) is 18.1. The predicted octanol–water partition coefficient (Wildman–Crippen LogP) is 4.92. The number of ether oxygens (including phenoxy) is 1. The molecule has 0 aromatic heterocycles. The fourth-order valence-electron chi connectivity index (χ4n) is 3.24. The predicted molar refractivity (Wildman–Crippen MR) is 124 cm³/mol. The maximum atomic E-state index is 12.7. The highest BCUT2D eigenvalue weighted by atomic mass is 32.2. The van der Waals surface area contributed by atoms with Crippen molar-refractivity contribution in [2.75, 3.05) is 0 Å². The van der Waals surface area contributed by atoms with Crippen molar-refractivity contribution in [1.82, 2.24) is 10.4 Å². The van der Waals surface area contributed by atoms with E-state index in [2.05, 4.69) is 10.2 Å². The van der Waals surface area contributed by atoms with Crippen molar-refractivity contribution in [3.63, 3.8) is 0 Å². The van der Waals surface area contributed by atoms with Crippen molar-refractivity contribution >= 4 is 57.0 Å². The number of halogens is 2. The Kier molecular flexibility index (Phi) is 6.48. The summed E-state index contributed by atoms with van der Waals surface area (Å²) < 4.78 is 29.0. The Morgan fingerprint density at radius 1 is 1.09 bits per heavy atom. The number of hydrazine groups is 1. The van der Waals surface area contributed by atoms with Gasteiger partial charge in [-0.25, -0.2) is 0 Å². The summed E-state index contributed by atoms with van der Waals surface area (Å²) in [5, 5.41) is 3.04. The van der Waals surface area contributed by atoms with Gasteiger partial charge in [0.25, 0.3) is 5.91 Å². The van der Waals surface area contributed by atoms with E-state index >= 15 is 0 Å². The van der Waals surface area contributed by atoms with Crippen LogP contribution in [0.3, 0.4) is 0 Å². The Morgan fingerprint density at radius 3 is 2.56 bits per heavy atom. The van der Waals surface area contributed by atoms with Crippen molar-refractivity contribution in [3.8, 4) is 5.75 Å². The molecule has 2 amide bonds. The summed E-state index contributed by atoms with van der Waals surface area (Å²) in [6, 6.07) is 19.3. The molecule has 3 aromatic carbocycles. The van der Waals surface area contributed by atoms with Crippen LogP contribution in [0.5, 0.6) is 5.75 Å². The summed E-state index contributed by atoms with van der Waals surface area (Å²) in [6.45, 7) is -2.91. The summed E-state index contributed by atoms with van der Waals surface area (Å²) in [5.41, 5.74) is 4.02. The van der Waals surface area contributed by atoms with Gasteiger partial charge in [0, 0.05) is 0 Å². The van der Waals surface area contributed by atoms with Crippen molar-refractivity contribution in [2.45, 2.75) is 13.0 Å². The Hall–Kier alpha value is -3.30. The summed E-state index contributed by atoms with van der Waals surface area (Å²) in [6.07, 6.45) is 1.66. The monoisotopic (exact) mass is 470 g/mol. The normalized spacial score (nSPS) is 15.1. The zero-order valence-electron chi connectivity index (χ0n) is 16.5. The number of fused-ring (bicyclic) bond motifs is 1. The second-order valence-electron chi connectivity index (χ2n) is 6.81. The lowest BCUT2D eigenvalue weighted by Gasteiger charge is -2.16. The number of carbonyl (C=O) groups is 2. The number of rotatable bonds is 6. The maximum Gasteiger partial charge on any atom is 0.387 e. The third kappa shape index (κ3) is 4.95. The van der Waals surface area contributed by atoms with E-state index in [1.165, 1.54) is 12.1 Å². The molecule has 0 aliphatic carbocycles. The molecule has 4 rings (SSSR count). The number of thioether (sulfide) groups is 1. The van der Waals surface area contributed by atoms with Gasteiger partial charge >= 0.3 is 6.61 Å². The largest absolute Gasteiger partial charge is 0.435 e. The van der Waals surface area contributed by atoms with Crippen molar-refractivity contribution < 1.29 is 23.1 Å². The van der Waals surface area contributed by atoms with Gasteiger partial charge in [-0.05, 0) is 52.3 Å². The molecule has 0 saturated carbocycles. The molecule has 5 nitrogen and oxygen atoms in total. The summed E-state index contributed by atoms with van der Waals surface area (Å²) in [4.78, 5) is 25.7. The molecule has 1 heterocycles. The molecule has 3 aromatic rings. The van der Waals surface area contributed by atoms with Gasteiger partial charge in [-0.15, -0.1) is 0 Å². The van der Waals surface area contributed by atoms with Crippen LogP contribution in [0.1, 0.15) is 11.1 Å². The average molecular weight is 471 g/mol. The molecule has 0 radical (unpaired) electrons. The summed E-state index contributed by atoms with van der Waals surface area (Å²) in [7, 11) is 0. The van der Waals surface area contributed by atoms with Gasteiger partial charge in [0.05, 0.1) is 11.3 Å². The Bertz CT molecular complexity index is 1220. The molecule has 162 valence electrons. The van der Waals surface area contributed by atoms with Gasteiger partial charge in [0.1, 0.15) is 5.75 Å². The van der Waals surface area contributed by atoms with Crippen molar-refractivity contribution in [3.05, 3.63) is 82.8 Å². The van der Waals surface area contributed by atoms with E-state index < -0.39 is 12.5 Å². The molecular weight excluding hydrogens is 454 g/mol. The average Bonchev–Trinajstić information content (AvgIpc) is 3.02. The van der Waals surface area contributed by atoms with Gasteiger partial charge in [-0.2, -0.15) is 13.8 Å². The van der Waals surface area contributed by atoms with E-state index in [0.29, 0.717) is 10.5 Å². The fourth-order valence-corrected chi connectivity index (χ4v) is 4.42. The lowest BCUT2D eigenvalue weighted by atomic mass is 10.0. The molecule has 1 saturated heterocycles. The lowest BCUT2D eigenvalue weighted by Crippen LogP contribution is -2.45. The minimum atomic E-state index is -2.91. The van der Waals surface area contributed by atoms with Crippen LogP contribution >= 0.6 is 24.0 Å². The molecule has 1 aliphatic rings. The molecule has 32 heavy (non-hydrogen) atoms. The van der Waals surface area contributed by atoms with Gasteiger partial charge in [-0.1, -0.05) is 66.4 Å². The Morgan fingerprint density at radius 2 is 1.81 bits per heavy atom. The molecule has 0 spiro atoms. The Balaban J connectivity index is 1.44. The van der Waals surface area contributed by atoms with Gasteiger partial charge in [0.15, 0.2) is 4.32 Å². The van der Waals surface area contributed by atoms with Gasteiger partial charge < -0.3 is 4.74 Å². The zero-order chi connectivity index (χ0) is 22.7. The smallest absolute Gasteiger partial charge is 0.387 e. The van der Waals surface area contributed by atoms with E-state index in [-0.39, 0.29) is 22.4 Å². The number of thiocarbonyl (C=S) groups is 1. The standard InChI is InChI=1S/C23H16F2N2O3S2/c24-22(25)30-17-10-8-14(9-11-17)12-19-21(29)27(23(31)32-19)26-20(28)13-16-6-3-5-15-4-1-2-7-18(15)16/h1-12,22H,13H2,(H,26,28)/b19-12-. The maximum absolute atomic E-state index is 12.7. The molecule has 1 aliphatic heterocycles. The molecule has 0 unspecified atom stereocenters. The topological polar surface area (TPSA) is 58.6 Å². The first-order chi connectivity index (χ1) is 15.4. The molecular formula is C23H16F2N2O3S2. The number of nitrogens with one attached hydrogen (secondary N) is 1. The minimum absolute atomic E-state index is 0.0189. The van der Waals surface area contributed by atoms with E-state index in [0.717, 1.165) is 33.1 Å². The van der Waals surface area contributed by atoms with Crippen LogP contribution in [0.25, 0.3) is 16.8 Å². The second-order valence-corrected chi connectivity index (χ2v) is 8.49. The van der Waals surface area contributed by atoms with Crippen LogP contribution in [-0.4, -0.2) is 27.8 Å². The fraction of sp³-hybridized carbons (Fsp3) is 0.0870. The molecule has 0 bridgehead atoms. The minimum Gasteiger partial charge on any atom is -0.435 e. The number of carbonyl (C=O) groups excluding carboxylic acids is 2. The highest BCUT2D eigenvalue weighted by molar-refractivity contribution is 8.26. The Labute approximate surface area is 192 Å². The van der Waals surface area contributed by atoms with Gasteiger partial charge in [-0.3, -0.25) is 15.0 Å². The van der Waals surface area contributed by atoms with Crippen molar-refractivity contribution in [2.24, 2.45) is 0 Å². The second kappa shape index (κ2) is 9.46. The first-order valence-corrected chi connectivity index (χ1v) is 10.7. The SMILES string of the molecule is O=C(Cc1cccc2ccccc12)NN1C(=O)/C(=C/c2ccc(OC(F)F)cc2)SC1=S. The van der Waals surface area contributed by atoms with E-state index in [4.69, 9.17) is 12.2 Å². The summed E-state index contributed by atoms with van der Waals surface area (Å²) in [5.74, 6) is -0.808. The van der Waals surface area contributed by atoms with E-state index in [1.54, 1.807) is 18.2 Å². The molecule has 0 atom stereocenters. The van der Waals surface area contributed by atoms with Crippen LogP contribution in [0, 0.1) is 0 Å². The number of nitrogens with zero attached hydrogens (tertiary/aromatic N) is 1. The lowest BCUT2D eigenvalue weighted by molar-refractivity contribution is -0.132. The highest BCUT2D eigenvalue weighted by Gasteiger charge is 2.33. The van der Waals surface area contributed by atoms with E-state index in [1.807, 2.05) is 42.5 Å². The molecule has 1 fully saturated rings. The van der Waals surface area contributed by atoms with Crippen LogP contribution in [0.4, 0.5) is 8.78 Å². The third-order valence-corrected chi connectivity index (χ3v) is 5.97. The summed E-state index contributed by atoms with van der Waals surface area (Å²) >= 11 is 6.29. The molecule has 9 heteroatoms. The third-order valence-electron chi connectivity index (χ3n) is 4.66. The number of alkyl halides is 2. The first kappa shape index (κ1) is 21.9. The first-order valence-electron chi connectivity index (χ1n) is 9.49. The number of hydrogen-bond acceptors (Lipinski definition) is 5. The van der Waals surface area contributed by atoms with Crippen LogP contribution in [0.2, 0.25) is 0 Å². The number of hydrogen-bond donors (Lipinski definition) is 1.